The molecule has 2 aromatic rings. The van der Waals surface area contributed by atoms with Crippen molar-refractivity contribution in [2.45, 2.75) is 13.0 Å². The van der Waals surface area contributed by atoms with E-state index in [1.165, 1.54) is 12.1 Å². The minimum Gasteiger partial charge on any atom is -0.507 e. The molecule has 6 nitrogen and oxygen atoms in total. The van der Waals surface area contributed by atoms with Crippen LogP contribution < -0.4 is 11.1 Å². The van der Waals surface area contributed by atoms with Crippen molar-refractivity contribution in [3.63, 3.8) is 0 Å². The van der Waals surface area contributed by atoms with Gasteiger partial charge in [0.15, 0.2) is 0 Å². The molecule has 130 valence electrons. The van der Waals surface area contributed by atoms with Gasteiger partial charge in [-0.05, 0) is 29.7 Å². The molecule has 6 heteroatoms. The maximum atomic E-state index is 11.6. The van der Waals surface area contributed by atoms with Crippen LogP contribution in [0.15, 0.2) is 54.6 Å². The third kappa shape index (κ3) is 6.02. The Hall–Kier alpha value is -3.28. The van der Waals surface area contributed by atoms with Gasteiger partial charge in [-0.2, -0.15) is 0 Å². The lowest BCUT2D eigenvalue weighted by molar-refractivity contribution is 0.0997. The van der Waals surface area contributed by atoms with Crippen molar-refractivity contribution in [3.05, 3.63) is 71.3 Å². The summed E-state index contributed by atoms with van der Waals surface area (Å²) in [6.45, 7) is 0.650. The van der Waals surface area contributed by atoms with Crippen molar-refractivity contribution in [1.82, 2.24) is 5.32 Å². The summed E-state index contributed by atoms with van der Waals surface area (Å²) in [5, 5.41) is 12.2. The van der Waals surface area contributed by atoms with E-state index in [4.69, 9.17) is 10.5 Å². The van der Waals surface area contributed by atoms with E-state index in [2.05, 4.69) is 5.32 Å². The number of nitrogens with one attached hydrogen (secondary N) is 1. The number of nitrogens with two attached hydrogens (primary N) is 1. The Morgan fingerprint density at radius 3 is 2.64 bits per heavy atom. The number of alkyl carbamates (subject to hydrolysis) is 1. The van der Waals surface area contributed by atoms with Gasteiger partial charge >= 0.3 is 6.09 Å². The highest BCUT2D eigenvalue weighted by molar-refractivity contribution is 5.96. The Morgan fingerprint density at radius 1 is 1.16 bits per heavy atom. The highest BCUT2D eigenvalue weighted by Crippen LogP contribution is 2.18. The lowest BCUT2D eigenvalue weighted by Crippen LogP contribution is -2.24. The molecule has 2 amide bonds. The second-order valence-electron chi connectivity index (χ2n) is 5.32. The number of hydrogen-bond donors (Lipinski definition) is 3. The molecule has 0 bridgehead atoms. The second-order valence-corrected chi connectivity index (χ2v) is 5.32. The van der Waals surface area contributed by atoms with Gasteiger partial charge in [-0.25, -0.2) is 4.79 Å². The van der Waals surface area contributed by atoms with E-state index in [1.807, 2.05) is 36.4 Å². The molecule has 4 N–H and O–H groups in total. The first-order valence-electron chi connectivity index (χ1n) is 7.80. The van der Waals surface area contributed by atoms with E-state index < -0.39 is 12.0 Å². The summed E-state index contributed by atoms with van der Waals surface area (Å²) in [5.74, 6) is -0.831. The highest BCUT2D eigenvalue weighted by Gasteiger charge is 2.06. The largest absolute Gasteiger partial charge is 0.507 e. The van der Waals surface area contributed by atoms with Crippen LogP contribution in [0, 0.1) is 0 Å². The first-order chi connectivity index (χ1) is 12.1. The number of amides is 2. The average molecular weight is 340 g/mol. The summed E-state index contributed by atoms with van der Waals surface area (Å²) in [7, 11) is 0. The van der Waals surface area contributed by atoms with Gasteiger partial charge in [0.2, 0.25) is 0 Å². The van der Waals surface area contributed by atoms with Crippen molar-refractivity contribution in [2.24, 2.45) is 5.73 Å². The van der Waals surface area contributed by atoms with Gasteiger partial charge in [0.05, 0.1) is 5.56 Å². The molecule has 0 radical (unpaired) electrons. The van der Waals surface area contributed by atoms with Gasteiger partial charge in [0.25, 0.3) is 5.91 Å². The van der Waals surface area contributed by atoms with Gasteiger partial charge < -0.3 is 20.9 Å². The lowest BCUT2D eigenvalue weighted by Gasteiger charge is -2.06. The zero-order valence-electron chi connectivity index (χ0n) is 13.6. The fourth-order valence-electron chi connectivity index (χ4n) is 2.11. The number of hydrogen-bond acceptors (Lipinski definition) is 4. The maximum Gasteiger partial charge on any atom is 0.407 e. The smallest absolute Gasteiger partial charge is 0.407 e. The number of carbonyl (C=O) groups excluding carboxylic acids is 2. The van der Waals surface area contributed by atoms with Crippen molar-refractivity contribution < 1.29 is 19.4 Å². The molecular formula is C19H20N2O4. The molecule has 2 rings (SSSR count). The Labute approximate surface area is 145 Å². The van der Waals surface area contributed by atoms with Crippen molar-refractivity contribution in [3.8, 4) is 5.75 Å². The molecule has 0 unspecified atom stereocenters. The molecule has 0 heterocycles. The predicted molar refractivity (Wildman–Crippen MR) is 94.9 cm³/mol. The first kappa shape index (κ1) is 18.1. The van der Waals surface area contributed by atoms with Crippen LogP contribution in [0.1, 0.15) is 27.9 Å². The number of rotatable bonds is 7. The zero-order valence-corrected chi connectivity index (χ0v) is 13.6. The number of benzene rings is 2. The van der Waals surface area contributed by atoms with Crippen molar-refractivity contribution >= 4 is 18.1 Å². The molecule has 0 aliphatic heterocycles. The van der Waals surface area contributed by atoms with E-state index in [9.17, 15) is 14.7 Å². The molecule has 0 saturated carbocycles. The molecule has 0 aliphatic carbocycles. The van der Waals surface area contributed by atoms with Crippen LogP contribution in [0.25, 0.3) is 6.08 Å². The molecule has 2 aromatic carbocycles. The summed E-state index contributed by atoms with van der Waals surface area (Å²) in [6.07, 6.45) is 3.74. The number of ether oxygens (including phenoxy) is 1. The molecular weight excluding hydrogens is 320 g/mol. The number of phenols is 1. The van der Waals surface area contributed by atoms with E-state index in [-0.39, 0.29) is 17.9 Å². The topological polar surface area (TPSA) is 102 Å². The Morgan fingerprint density at radius 2 is 1.92 bits per heavy atom. The van der Waals surface area contributed by atoms with Crippen LogP contribution in [0.2, 0.25) is 0 Å². The number of carbonyl (C=O) groups is 2. The minimum atomic E-state index is -0.685. The quantitative estimate of drug-likeness (QED) is 0.675. The predicted octanol–water partition coefficient (Wildman–Crippen LogP) is 2.82. The summed E-state index contributed by atoms with van der Waals surface area (Å²) in [5.41, 5.74) is 6.91. The third-order valence-electron chi connectivity index (χ3n) is 3.39. The van der Waals surface area contributed by atoms with Crippen LogP contribution in [0.4, 0.5) is 4.79 Å². The van der Waals surface area contributed by atoms with E-state index in [0.717, 1.165) is 11.1 Å². The fraction of sp³-hybridized carbons (Fsp3) is 0.158. The molecule has 0 atom stereocenters. The Kier molecular flexibility index (Phi) is 6.59. The summed E-state index contributed by atoms with van der Waals surface area (Å²) in [4.78, 5) is 22.7. The first-order valence-corrected chi connectivity index (χ1v) is 7.80. The number of primary amides is 1. The highest BCUT2D eigenvalue weighted by atomic mass is 16.5. The van der Waals surface area contributed by atoms with Crippen LogP contribution in [-0.4, -0.2) is 23.7 Å². The van der Waals surface area contributed by atoms with E-state index >= 15 is 0 Å². The zero-order chi connectivity index (χ0) is 18.1. The van der Waals surface area contributed by atoms with Crippen LogP contribution in [0.3, 0.4) is 0 Å². The van der Waals surface area contributed by atoms with Gasteiger partial charge in [-0.15, -0.1) is 0 Å². The Balaban J connectivity index is 1.72. The third-order valence-corrected chi connectivity index (χ3v) is 3.39. The van der Waals surface area contributed by atoms with Gasteiger partial charge in [0, 0.05) is 6.54 Å². The van der Waals surface area contributed by atoms with Crippen molar-refractivity contribution in [1.29, 1.82) is 0 Å². The summed E-state index contributed by atoms with van der Waals surface area (Å²) >= 11 is 0. The van der Waals surface area contributed by atoms with Gasteiger partial charge in [-0.1, -0.05) is 48.6 Å². The summed E-state index contributed by atoms with van der Waals surface area (Å²) < 4.78 is 5.09. The number of aromatic hydroxyl groups is 1. The minimum absolute atomic E-state index is 0.0739. The molecule has 25 heavy (non-hydrogen) atoms. The standard InChI is InChI=1S/C19H20N2O4/c20-18(23)16-12-14(9-10-17(16)22)6-4-5-11-21-19(24)25-13-15-7-2-1-3-8-15/h1-4,6-10,12,22H,5,11,13H2,(H2,20,23)(H,21,24). The molecule has 0 fully saturated rings. The van der Waals surface area contributed by atoms with Gasteiger partial charge in [-0.3, -0.25) is 4.79 Å². The van der Waals surface area contributed by atoms with E-state index in [0.29, 0.717) is 13.0 Å². The van der Waals surface area contributed by atoms with Crippen molar-refractivity contribution in [2.75, 3.05) is 6.54 Å². The average Bonchev–Trinajstić information content (AvgIpc) is 2.61. The second kappa shape index (κ2) is 9.12. The van der Waals surface area contributed by atoms with Crippen LogP contribution >= 0.6 is 0 Å². The van der Waals surface area contributed by atoms with Crippen LogP contribution in [0.5, 0.6) is 5.75 Å². The Bertz CT molecular complexity index is 757. The fourth-order valence-corrected chi connectivity index (χ4v) is 2.11. The van der Waals surface area contributed by atoms with Crippen LogP contribution in [-0.2, 0) is 11.3 Å². The van der Waals surface area contributed by atoms with Gasteiger partial charge in [0.1, 0.15) is 12.4 Å². The SMILES string of the molecule is NC(=O)c1cc(C=CCCNC(=O)OCc2ccccc2)ccc1O. The molecule has 0 aliphatic rings. The monoisotopic (exact) mass is 340 g/mol. The van der Waals surface area contributed by atoms with E-state index in [1.54, 1.807) is 12.1 Å². The lowest BCUT2D eigenvalue weighted by atomic mass is 10.1. The summed E-state index contributed by atoms with van der Waals surface area (Å²) in [6, 6.07) is 14.0. The molecule has 0 spiro atoms. The molecule has 0 aromatic heterocycles. The molecule has 0 saturated heterocycles. The maximum absolute atomic E-state index is 11.6. The normalized spacial score (nSPS) is 10.6.